The minimum absolute atomic E-state index is 0.0313. The minimum atomic E-state index is -0.655. The number of hydrogen-bond acceptors (Lipinski definition) is 3. The Morgan fingerprint density at radius 1 is 1.10 bits per heavy atom. The molecule has 3 rings (SSSR count). The highest BCUT2D eigenvalue weighted by molar-refractivity contribution is 8.00. The number of thioether (sulfide) groups is 1. The predicted octanol–water partition coefficient (Wildman–Crippen LogP) is 3.93. The largest absolute Gasteiger partial charge is 0.324 e. The summed E-state index contributed by atoms with van der Waals surface area (Å²) in [5.74, 6) is -0.0313. The lowest BCUT2D eigenvalue weighted by Gasteiger charge is -2.22. The maximum atomic E-state index is 12.3. The van der Waals surface area contributed by atoms with Gasteiger partial charge in [-0.1, -0.05) is 25.7 Å². The molecule has 0 aromatic heterocycles. The second-order valence-electron chi connectivity index (χ2n) is 6.37. The monoisotopic (exact) mass is 304 g/mol. The Morgan fingerprint density at radius 3 is 2.33 bits per heavy atom. The summed E-state index contributed by atoms with van der Waals surface area (Å²) in [6.45, 7) is 0. The maximum Gasteiger partial charge on any atom is 0.244 e. The van der Waals surface area contributed by atoms with Crippen LogP contribution in [0.15, 0.2) is 29.2 Å². The summed E-state index contributed by atoms with van der Waals surface area (Å²) in [7, 11) is 0. The van der Waals surface area contributed by atoms with E-state index in [1.165, 1.54) is 30.6 Å². The smallest absolute Gasteiger partial charge is 0.244 e. The van der Waals surface area contributed by atoms with Crippen molar-refractivity contribution in [2.45, 2.75) is 67.1 Å². The number of benzene rings is 1. The number of nitrogens with two attached hydrogens (primary N) is 1. The van der Waals surface area contributed by atoms with Crippen molar-refractivity contribution >= 4 is 23.4 Å². The molecule has 0 saturated heterocycles. The Kier molecular flexibility index (Phi) is 4.55. The third kappa shape index (κ3) is 3.61. The van der Waals surface area contributed by atoms with Crippen molar-refractivity contribution in [3.8, 4) is 0 Å². The fourth-order valence-corrected chi connectivity index (χ4v) is 4.55. The summed E-state index contributed by atoms with van der Waals surface area (Å²) in [6, 6.07) is 8.20. The lowest BCUT2D eigenvalue weighted by molar-refractivity contribution is -0.121. The quantitative estimate of drug-likeness (QED) is 0.886. The number of anilines is 1. The first-order chi connectivity index (χ1) is 10.2. The molecule has 3 N–H and O–H groups in total. The van der Waals surface area contributed by atoms with Gasteiger partial charge in [0, 0.05) is 15.8 Å². The van der Waals surface area contributed by atoms with Gasteiger partial charge in [-0.2, -0.15) is 0 Å². The number of rotatable bonds is 4. The van der Waals surface area contributed by atoms with Crippen molar-refractivity contribution in [3.05, 3.63) is 24.3 Å². The van der Waals surface area contributed by atoms with Crippen molar-refractivity contribution in [2.24, 2.45) is 5.73 Å². The molecule has 0 radical (unpaired) electrons. The van der Waals surface area contributed by atoms with E-state index in [1.54, 1.807) is 0 Å². The van der Waals surface area contributed by atoms with Crippen molar-refractivity contribution in [1.82, 2.24) is 0 Å². The van der Waals surface area contributed by atoms with E-state index in [9.17, 15) is 4.79 Å². The van der Waals surface area contributed by atoms with Gasteiger partial charge in [-0.05, 0) is 49.9 Å². The van der Waals surface area contributed by atoms with Gasteiger partial charge in [0.1, 0.15) is 0 Å². The Labute approximate surface area is 131 Å². The number of hydrogen-bond donors (Lipinski definition) is 2. The van der Waals surface area contributed by atoms with Crippen LogP contribution in [0.1, 0.15) is 51.4 Å². The summed E-state index contributed by atoms with van der Waals surface area (Å²) in [5, 5.41) is 3.75. The van der Waals surface area contributed by atoms with Crippen LogP contribution in [0.5, 0.6) is 0 Å². The van der Waals surface area contributed by atoms with Gasteiger partial charge in [-0.25, -0.2) is 0 Å². The molecule has 0 heterocycles. The second kappa shape index (κ2) is 6.41. The molecule has 2 fully saturated rings. The maximum absolute atomic E-state index is 12.3. The van der Waals surface area contributed by atoms with Crippen LogP contribution in [0, 0.1) is 0 Å². The van der Waals surface area contributed by atoms with Gasteiger partial charge < -0.3 is 11.1 Å². The fourth-order valence-electron chi connectivity index (χ4n) is 3.30. The zero-order chi connectivity index (χ0) is 14.7. The predicted molar refractivity (Wildman–Crippen MR) is 88.6 cm³/mol. The molecule has 3 nitrogen and oxygen atoms in total. The van der Waals surface area contributed by atoms with Crippen LogP contribution < -0.4 is 11.1 Å². The van der Waals surface area contributed by atoms with Gasteiger partial charge in [-0.3, -0.25) is 4.79 Å². The molecular weight excluding hydrogens is 280 g/mol. The fraction of sp³-hybridized carbons (Fsp3) is 0.588. The Hall–Kier alpha value is -1.00. The highest BCUT2D eigenvalue weighted by Gasteiger charge is 2.36. The van der Waals surface area contributed by atoms with Gasteiger partial charge in [0.2, 0.25) is 5.91 Å². The molecule has 2 aliphatic carbocycles. The van der Waals surface area contributed by atoms with Crippen molar-refractivity contribution < 1.29 is 4.79 Å². The van der Waals surface area contributed by atoms with Gasteiger partial charge in [0.15, 0.2) is 0 Å². The van der Waals surface area contributed by atoms with E-state index in [-0.39, 0.29) is 5.91 Å². The van der Waals surface area contributed by atoms with E-state index < -0.39 is 5.54 Å². The minimum Gasteiger partial charge on any atom is -0.324 e. The van der Waals surface area contributed by atoms with Gasteiger partial charge in [-0.15, -0.1) is 11.8 Å². The number of carbonyl (C=O) groups excluding carboxylic acids is 1. The van der Waals surface area contributed by atoms with E-state index >= 15 is 0 Å². The van der Waals surface area contributed by atoms with Crippen LogP contribution in [-0.4, -0.2) is 16.7 Å². The number of carbonyl (C=O) groups is 1. The molecule has 2 aliphatic rings. The number of amides is 1. The van der Waals surface area contributed by atoms with Crippen molar-refractivity contribution in [1.29, 1.82) is 0 Å². The molecule has 21 heavy (non-hydrogen) atoms. The summed E-state index contributed by atoms with van der Waals surface area (Å²) in [5.41, 5.74) is 6.37. The zero-order valence-corrected chi connectivity index (χ0v) is 13.3. The first-order valence-electron chi connectivity index (χ1n) is 8.03. The van der Waals surface area contributed by atoms with E-state index in [0.29, 0.717) is 0 Å². The van der Waals surface area contributed by atoms with E-state index in [1.807, 2.05) is 23.9 Å². The molecule has 2 saturated carbocycles. The van der Waals surface area contributed by atoms with Crippen LogP contribution in [0.25, 0.3) is 0 Å². The van der Waals surface area contributed by atoms with Crippen molar-refractivity contribution in [2.75, 3.05) is 5.32 Å². The molecule has 1 aromatic rings. The van der Waals surface area contributed by atoms with E-state index in [4.69, 9.17) is 5.73 Å². The Morgan fingerprint density at radius 2 is 1.71 bits per heavy atom. The number of nitrogens with one attached hydrogen (secondary N) is 1. The third-order valence-electron chi connectivity index (χ3n) is 4.67. The topological polar surface area (TPSA) is 55.1 Å². The molecule has 0 bridgehead atoms. The lowest BCUT2D eigenvalue weighted by Crippen LogP contribution is -2.48. The molecule has 114 valence electrons. The summed E-state index contributed by atoms with van der Waals surface area (Å²) in [4.78, 5) is 13.6. The second-order valence-corrected chi connectivity index (χ2v) is 7.74. The highest BCUT2D eigenvalue weighted by Crippen LogP contribution is 2.35. The summed E-state index contributed by atoms with van der Waals surface area (Å²) >= 11 is 1.97. The molecule has 0 atom stereocenters. The molecule has 0 aliphatic heterocycles. The van der Waals surface area contributed by atoms with Gasteiger partial charge in [0.25, 0.3) is 0 Å². The molecule has 0 unspecified atom stereocenters. The summed E-state index contributed by atoms with van der Waals surface area (Å²) < 4.78 is 0. The molecule has 1 amide bonds. The van der Waals surface area contributed by atoms with Crippen LogP contribution in [0.3, 0.4) is 0 Å². The van der Waals surface area contributed by atoms with Crippen LogP contribution in [0.4, 0.5) is 5.69 Å². The van der Waals surface area contributed by atoms with Crippen LogP contribution >= 0.6 is 11.8 Å². The average Bonchev–Trinajstić information content (AvgIpc) is 3.13. The van der Waals surface area contributed by atoms with Crippen LogP contribution in [0.2, 0.25) is 0 Å². The Balaban J connectivity index is 1.57. The lowest BCUT2D eigenvalue weighted by atomic mass is 9.98. The normalized spacial score (nSPS) is 21.6. The SMILES string of the molecule is NC1(C(=O)Nc2ccc(SC3CCCC3)cc2)CCCC1. The first kappa shape index (κ1) is 14.9. The average molecular weight is 304 g/mol. The summed E-state index contributed by atoms with van der Waals surface area (Å²) in [6.07, 6.45) is 9.11. The highest BCUT2D eigenvalue weighted by atomic mass is 32.2. The third-order valence-corrected chi connectivity index (χ3v) is 6.01. The van der Waals surface area contributed by atoms with Crippen molar-refractivity contribution in [3.63, 3.8) is 0 Å². The Bertz CT molecular complexity index is 488. The van der Waals surface area contributed by atoms with Crippen LogP contribution in [-0.2, 0) is 4.79 Å². The van der Waals surface area contributed by atoms with E-state index in [2.05, 4.69) is 17.4 Å². The standard InChI is InChI=1S/C17H24N2OS/c18-17(11-3-4-12-17)16(20)19-13-7-9-15(10-8-13)21-14-5-1-2-6-14/h7-10,14H,1-6,11-12,18H2,(H,19,20). The zero-order valence-electron chi connectivity index (χ0n) is 12.4. The van der Waals surface area contributed by atoms with Gasteiger partial charge >= 0.3 is 0 Å². The van der Waals surface area contributed by atoms with E-state index in [0.717, 1.165) is 36.6 Å². The molecule has 1 aromatic carbocycles. The molecule has 4 heteroatoms. The van der Waals surface area contributed by atoms with Gasteiger partial charge in [0.05, 0.1) is 5.54 Å². The molecular formula is C17H24N2OS. The first-order valence-corrected chi connectivity index (χ1v) is 8.91. The molecule has 0 spiro atoms.